The van der Waals surface area contributed by atoms with Crippen LogP contribution in [0.1, 0.15) is 5.56 Å². The lowest BCUT2D eigenvalue weighted by molar-refractivity contribution is 0.211. The van der Waals surface area contributed by atoms with Crippen molar-refractivity contribution < 1.29 is 13.2 Å². The molecule has 6 heteroatoms. The molecule has 2 rings (SSSR count). The number of methoxy groups -OCH3 is 1. The molecule has 0 amide bonds. The topological polar surface area (TPSA) is 67.4 Å². The van der Waals surface area contributed by atoms with E-state index in [1.807, 2.05) is 25.1 Å². The number of anilines is 2. The summed E-state index contributed by atoms with van der Waals surface area (Å²) >= 11 is 0. The number of nitrogens with one attached hydrogen (secondary N) is 2. The summed E-state index contributed by atoms with van der Waals surface area (Å²) < 4.78 is 32.1. The van der Waals surface area contributed by atoms with Crippen molar-refractivity contribution in [3.8, 4) is 0 Å². The Morgan fingerprint density at radius 1 is 1.05 bits per heavy atom. The molecule has 0 aliphatic carbocycles. The van der Waals surface area contributed by atoms with Gasteiger partial charge in [0.1, 0.15) is 0 Å². The molecule has 0 fully saturated rings. The van der Waals surface area contributed by atoms with Gasteiger partial charge in [0, 0.05) is 25.0 Å². The first kappa shape index (κ1) is 16.3. The van der Waals surface area contributed by atoms with Crippen molar-refractivity contribution >= 4 is 21.4 Å². The molecule has 2 aromatic carbocycles. The minimum Gasteiger partial charge on any atom is -0.383 e. The molecule has 0 aliphatic rings. The smallest absolute Gasteiger partial charge is 0.261 e. The lowest BCUT2D eigenvalue weighted by atomic mass is 10.2. The molecule has 5 nitrogen and oxygen atoms in total. The number of ether oxygens (including phenoxy) is 1. The first-order valence-electron chi connectivity index (χ1n) is 6.93. The van der Waals surface area contributed by atoms with Crippen LogP contribution in [0.15, 0.2) is 53.4 Å². The van der Waals surface area contributed by atoms with Gasteiger partial charge >= 0.3 is 0 Å². The van der Waals surface area contributed by atoms with Crippen LogP contribution >= 0.6 is 0 Å². The van der Waals surface area contributed by atoms with Crippen LogP contribution in [0.3, 0.4) is 0 Å². The quantitative estimate of drug-likeness (QED) is 0.770. The van der Waals surface area contributed by atoms with Gasteiger partial charge in [-0.3, -0.25) is 4.72 Å². The molecule has 22 heavy (non-hydrogen) atoms. The maximum absolute atomic E-state index is 12.3. The van der Waals surface area contributed by atoms with E-state index in [9.17, 15) is 8.42 Å². The third kappa shape index (κ3) is 4.47. The molecule has 0 bridgehead atoms. The number of benzene rings is 2. The Bertz CT molecular complexity index is 712. The second kappa shape index (κ2) is 7.29. The first-order chi connectivity index (χ1) is 10.5. The van der Waals surface area contributed by atoms with Crippen molar-refractivity contribution in [3.63, 3.8) is 0 Å². The second-order valence-electron chi connectivity index (χ2n) is 4.92. The van der Waals surface area contributed by atoms with E-state index >= 15 is 0 Å². The monoisotopic (exact) mass is 320 g/mol. The number of rotatable bonds is 7. The third-order valence-electron chi connectivity index (χ3n) is 3.07. The molecule has 0 atom stereocenters. The molecule has 0 aliphatic heterocycles. The van der Waals surface area contributed by atoms with Gasteiger partial charge in [0.05, 0.1) is 11.5 Å². The molecular weight excluding hydrogens is 300 g/mol. The Kier molecular flexibility index (Phi) is 5.41. The SMILES string of the molecule is COCCNc1ccc(NS(=O)(=O)c2cccc(C)c2)cc1. The molecule has 2 N–H and O–H groups in total. The number of hydrogen-bond acceptors (Lipinski definition) is 4. The van der Waals surface area contributed by atoms with Gasteiger partial charge < -0.3 is 10.1 Å². The maximum Gasteiger partial charge on any atom is 0.261 e. The van der Waals surface area contributed by atoms with Crippen LogP contribution in [0.5, 0.6) is 0 Å². The van der Waals surface area contributed by atoms with Crippen LogP contribution in [0.2, 0.25) is 0 Å². The normalized spacial score (nSPS) is 11.2. The standard InChI is InChI=1S/C16H20N2O3S/c1-13-4-3-5-16(12-13)22(19,20)18-15-8-6-14(7-9-15)17-10-11-21-2/h3-9,12,17-18H,10-11H2,1-2H3. The highest BCUT2D eigenvalue weighted by molar-refractivity contribution is 7.92. The fourth-order valence-electron chi connectivity index (χ4n) is 1.95. The van der Waals surface area contributed by atoms with E-state index in [0.717, 1.165) is 11.3 Å². The minimum absolute atomic E-state index is 0.259. The van der Waals surface area contributed by atoms with E-state index in [-0.39, 0.29) is 4.90 Å². The zero-order valence-corrected chi connectivity index (χ0v) is 13.5. The molecule has 0 radical (unpaired) electrons. The van der Waals surface area contributed by atoms with Gasteiger partial charge in [-0.2, -0.15) is 0 Å². The lowest BCUT2D eigenvalue weighted by Gasteiger charge is -2.10. The van der Waals surface area contributed by atoms with Crippen molar-refractivity contribution in [2.24, 2.45) is 0 Å². The molecule has 0 saturated heterocycles. The summed E-state index contributed by atoms with van der Waals surface area (Å²) in [5, 5.41) is 3.17. The van der Waals surface area contributed by atoms with E-state index in [4.69, 9.17) is 4.74 Å². The van der Waals surface area contributed by atoms with Crippen molar-refractivity contribution in [1.82, 2.24) is 0 Å². The Hall–Kier alpha value is -2.05. The molecule has 118 valence electrons. The first-order valence-corrected chi connectivity index (χ1v) is 8.42. The molecule has 0 saturated carbocycles. The van der Waals surface area contributed by atoms with Gasteiger partial charge in [0.15, 0.2) is 0 Å². The van der Waals surface area contributed by atoms with Crippen LogP contribution in [0.25, 0.3) is 0 Å². The fraction of sp³-hybridized carbons (Fsp3) is 0.250. The summed E-state index contributed by atoms with van der Waals surface area (Å²) in [5.74, 6) is 0. The van der Waals surface area contributed by atoms with E-state index in [1.54, 1.807) is 37.4 Å². The van der Waals surface area contributed by atoms with Gasteiger partial charge in [0.2, 0.25) is 0 Å². The van der Waals surface area contributed by atoms with E-state index in [0.29, 0.717) is 18.8 Å². The fourth-order valence-corrected chi connectivity index (χ4v) is 3.11. The molecule has 0 heterocycles. The number of sulfonamides is 1. The third-order valence-corrected chi connectivity index (χ3v) is 4.45. The van der Waals surface area contributed by atoms with E-state index in [1.165, 1.54) is 0 Å². The van der Waals surface area contributed by atoms with Crippen molar-refractivity contribution in [2.75, 3.05) is 30.3 Å². The van der Waals surface area contributed by atoms with Gasteiger partial charge in [-0.15, -0.1) is 0 Å². The van der Waals surface area contributed by atoms with E-state index in [2.05, 4.69) is 10.0 Å². The number of aryl methyl sites for hydroxylation is 1. The summed E-state index contributed by atoms with van der Waals surface area (Å²) in [5.41, 5.74) is 2.34. The summed E-state index contributed by atoms with van der Waals surface area (Å²) in [4.78, 5) is 0.259. The highest BCUT2D eigenvalue weighted by Gasteiger charge is 2.13. The largest absolute Gasteiger partial charge is 0.383 e. The Balaban J connectivity index is 2.06. The molecule has 2 aromatic rings. The van der Waals surface area contributed by atoms with Gasteiger partial charge in [-0.1, -0.05) is 12.1 Å². The highest BCUT2D eigenvalue weighted by Crippen LogP contribution is 2.19. The predicted octanol–water partition coefficient (Wildman–Crippen LogP) is 2.85. The molecule has 0 aromatic heterocycles. The Labute approximate surface area is 131 Å². The van der Waals surface area contributed by atoms with Crippen LogP contribution in [-0.4, -0.2) is 28.7 Å². The van der Waals surface area contributed by atoms with Gasteiger partial charge in [0.25, 0.3) is 10.0 Å². The van der Waals surface area contributed by atoms with Crippen LogP contribution in [-0.2, 0) is 14.8 Å². The zero-order chi connectivity index (χ0) is 16.0. The molecule has 0 spiro atoms. The Morgan fingerprint density at radius 2 is 1.73 bits per heavy atom. The van der Waals surface area contributed by atoms with Crippen LogP contribution < -0.4 is 10.0 Å². The number of hydrogen-bond donors (Lipinski definition) is 2. The van der Waals surface area contributed by atoms with Gasteiger partial charge in [-0.05, 0) is 48.9 Å². The summed E-state index contributed by atoms with van der Waals surface area (Å²) in [6.07, 6.45) is 0. The maximum atomic E-state index is 12.3. The summed E-state index contributed by atoms with van der Waals surface area (Å²) in [6, 6.07) is 13.9. The van der Waals surface area contributed by atoms with Crippen LogP contribution in [0, 0.1) is 6.92 Å². The van der Waals surface area contributed by atoms with Crippen LogP contribution in [0.4, 0.5) is 11.4 Å². The summed E-state index contributed by atoms with van der Waals surface area (Å²) in [7, 11) is -1.92. The second-order valence-corrected chi connectivity index (χ2v) is 6.60. The average Bonchev–Trinajstić information content (AvgIpc) is 2.49. The molecule has 0 unspecified atom stereocenters. The minimum atomic E-state index is -3.56. The lowest BCUT2D eigenvalue weighted by Crippen LogP contribution is -2.13. The van der Waals surface area contributed by atoms with Gasteiger partial charge in [-0.25, -0.2) is 8.42 Å². The zero-order valence-electron chi connectivity index (χ0n) is 12.7. The van der Waals surface area contributed by atoms with E-state index < -0.39 is 10.0 Å². The average molecular weight is 320 g/mol. The molecular formula is C16H20N2O3S. The predicted molar refractivity (Wildman–Crippen MR) is 88.8 cm³/mol. The summed E-state index contributed by atoms with van der Waals surface area (Å²) in [6.45, 7) is 3.17. The van der Waals surface area contributed by atoms with Crippen molar-refractivity contribution in [1.29, 1.82) is 0 Å². The van der Waals surface area contributed by atoms with Crippen molar-refractivity contribution in [3.05, 3.63) is 54.1 Å². The Morgan fingerprint density at radius 3 is 2.36 bits per heavy atom. The highest BCUT2D eigenvalue weighted by atomic mass is 32.2. The van der Waals surface area contributed by atoms with Crippen molar-refractivity contribution in [2.45, 2.75) is 11.8 Å².